The number of aryl methyl sites for hydroxylation is 1. The Kier molecular flexibility index (Phi) is 8.38. The van der Waals surface area contributed by atoms with Crippen molar-refractivity contribution in [1.29, 1.82) is 0 Å². The number of nitrogens with one attached hydrogen (secondary N) is 2. The molecule has 1 aromatic heterocycles. The SMILES string of the molecule is CCNCc1sc(S(=O)(=O)NCCOCCOC)cc1C. The Hall–Kier alpha value is -0.510. The van der Waals surface area contributed by atoms with Crippen molar-refractivity contribution in [2.45, 2.75) is 24.6 Å². The second-order valence-electron chi connectivity index (χ2n) is 4.45. The summed E-state index contributed by atoms with van der Waals surface area (Å²) >= 11 is 1.30. The Bertz CT molecular complexity index is 514. The van der Waals surface area contributed by atoms with Gasteiger partial charge < -0.3 is 14.8 Å². The summed E-state index contributed by atoms with van der Waals surface area (Å²) in [6.07, 6.45) is 0. The molecular formula is C13H24N2O4S2. The van der Waals surface area contributed by atoms with Crippen molar-refractivity contribution >= 4 is 21.4 Å². The van der Waals surface area contributed by atoms with E-state index in [4.69, 9.17) is 9.47 Å². The first-order chi connectivity index (χ1) is 10.0. The zero-order valence-electron chi connectivity index (χ0n) is 12.8. The first kappa shape index (κ1) is 18.5. The summed E-state index contributed by atoms with van der Waals surface area (Å²) in [5.74, 6) is 0. The summed E-state index contributed by atoms with van der Waals surface area (Å²) in [4.78, 5) is 1.05. The number of hydrogen-bond donors (Lipinski definition) is 2. The van der Waals surface area contributed by atoms with Gasteiger partial charge in [-0.15, -0.1) is 11.3 Å². The minimum Gasteiger partial charge on any atom is -0.382 e. The molecule has 0 aliphatic carbocycles. The van der Waals surface area contributed by atoms with Crippen LogP contribution in [0.4, 0.5) is 0 Å². The highest BCUT2D eigenvalue weighted by Gasteiger charge is 2.18. The molecule has 6 nitrogen and oxygen atoms in total. The maximum absolute atomic E-state index is 12.2. The summed E-state index contributed by atoms with van der Waals surface area (Å²) in [5.41, 5.74) is 0.998. The zero-order valence-corrected chi connectivity index (χ0v) is 14.4. The van der Waals surface area contributed by atoms with Crippen molar-refractivity contribution in [2.75, 3.05) is 40.0 Å². The molecule has 0 aromatic carbocycles. The normalized spacial score (nSPS) is 12.0. The lowest BCUT2D eigenvalue weighted by Gasteiger charge is -2.05. The van der Waals surface area contributed by atoms with E-state index >= 15 is 0 Å². The molecule has 1 rings (SSSR count). The van der Waals surface area contributed by atoms with Crippen LogP contribution in [0.25, 0.3) is 0 Å². The van der Waals surface area contributed by atoms with E-state index in [2.05, 4.69) is 10.0 Å². The van der Waals surface area contributed by atoms with Crippen molar-refractivity contribution in [3.8, 4) is 0 Å². The van der Waals surface area contributed by atoms with Crippen LogP contribution >= 0.6 is 11.3 Å². The van der Waals surface area contributed by atoms with Gasteiger partial charge in [-0.2, -0.15) is 0 Å². The average molecular weight is 336 g/mol. The third kappa shape index (κ3) is 6.41. The van der Waals surface area contributed by atoms with E-state index in [1.807, 2.05) is 13.8 Å². The lowest BCUT2D eigenvalue weighted by atomic mass is 10.3. The molecule has 0 aliphatic rings. The first-order valence-electron chi connectivity index (χ1n) is 6.87. The van der Waals surface area contributed by atoms with Gasteiger partial charge in [-0.25, -0.2) is 13.1 Å². The van der Waals surface area contributed by atoms with E-state index < -0.39 is 10.0 Å². The van der Waals surface area contributed by atoms with Gasteiger partial charge in [0.2, 0.25) is 10.0 Å². The van der Waals surface area contributed by atoms with E-state index in [0.29, 0.717) is 30.6 Å². The van der Waals surface area contributed by atoms with Gasteiger partial charge in [-0.05, 0) is 25.1 Å². The van der Waals surface area contributed by atoms with Crippen LogP contribution in [0.1, 0.15) is 17.4 Å². The standard InChI is InChI=1S/C13H24N2O4S2/c1-4-14-10-12-11(2)9-13(20-12)21(16,17)15-5-6-19-8-7-18-3/h9,14-15H,4-8,10H2,1-3H3. The zero-order chi connectivity index (χ0) is 15.7. The van der Waals surface area contributed by atoms with Crippen molar-refractivity contribution in [3.63, 3.8) is 0 Å². The van der Waals surface area contributed by atoms with Gasteiger partial charge in [0.05, 0.1) is 19.8 Å². The third-order valence-corrected chi connectivity index (χ3v) is 5.94. The molecule has 1 aromatic rings. The highest BCUT2D eigenvalue weighted by atomic mass is 32.2. The molecule has 0 atom stereocenters. The molecule has 0 aliphatic heterocycles. The second-order valence-corrected chi connectivity index (χ2v) is 7.59. The van der Waals surface area contributed by atoms with E-state index in [1.165, 1.54) is 11.3 Å². The topological polar surface area (TPSA) is 76.7 Å². The molecule has 2 N–H and O–H groups in total. The highest BCUT2D eigenvalue weighted by Crippen LogP contribution is 2.25. The summed E-state index contributed by atoms with van der Waals surface area (Å²) < 4.78 is 37.3. The fourth-order valence-electron chi connectivity index (χ4n) is 1.60. The monoisotopic (exact) mass is 336 g/mol. The Morgan fingerprint density at radius 1 is 1.29 bits per heavy atom. The Labute approximate surface area is 130 Å². The molecule has 0 radical (unpaired) electrons. The van der Waals surface area contributed by atoms with Crippen LogP contribution in [0.3, 0.4) is 0 Å². The average Bonchev–Trinajstić information content (AvgIpc) is 2.82. The van der Waals surface area contributed by atoms with Crippen LogP contribution in [0.2, 0.25) is 0 Å². The van der Waals surface area contributed by atoms with Crippen LogP contribution in [-0.4, -0.2) is 48.4 Å². The number of ether oxygens (including phenoxy) is 2. The maximum atomic E-state index is 12.2. The molecule has 0 saturated carbocycles. The van der Waals surface area contributed by atoms with Gasteiger partial charge in [0.25, 0.3) is 0 Å². The third-order valence-electron chi connectivity index (χ3n) is 2.77. The van der Waals surface area contributed by atoms with Gasteiger partial charge in [0.1, 0.15) is 4.21 Å². The van der Waals surface area contributed by atoms with Crippen molar-refractivity contribution in [1.82, 2.24) is 10.0 Å². The summed E-state index contributed by atoms with van der Waals surface area (Å²) in [5, 5.41) is 3.21. The quantitative estimate of drug-likeness (QED) is 0.592. The Balaban J connectivity index is 2.50. The Morgan fingerprint density at radius 2 is 2.05 bits per heavy atom. The number of hydrogen-bond acceptors (Lipinski definition) is 6. The fourth-order valence-corrected chi connectivity index (χ4v) is 4.22. The second kappa shape index (κ2) is 9.50. The Morgan fingerprint density at radius 3 is 2.71 bits per heavy atom. The minimum absolute atomic E-state index is 0.255. The van der Waals surface area contributed by atoms with Crippen molar-refractivity contribution < 1.29 is 17.9 Å². The van der Waals surface area contributed by atoms with Crippen LogP contribution in [0.5, 0.6) is 0 Å². The van der Waals surface area contributed by atoms with E-state index in [0.717, 1.165) is 17.0 Å². The van der Waals surface area contributed by atoms with Gasteiger partial charge in [-0.3, -0.25) is 0 Å². The molecule has 8 heteroatoms. The minimum atomic E-state index is -3.45. The maximum Gasteiger partial charge on any atom is 0.250 e. The van der Waals surface area contributed by atoms with E-state index in [-0.39, 0.29) is 6.54 Å². The van der Waals surface area contributed by atoms with E-state index in [9.17, 15) is 8.42 Å². The number of methoxy groups -OCH3 is 1. The predicted octanol–water partition coefficient (Wildman–Crippen LogP) is 1.11. The molecule has 0 fully saturated rings. The van der Waals surface area contributed by atoms with Gasteiger partial charge in [0.15, 0.2) is 0 Å². The van der Waals surface area contributed by atoms with Crippen molar-refractivity contribution in [2.24, 2.45) is 0 Å². The number of rotatable bonds is 11. The molecule has 0 unspecified atom stereocenters. The van der Waals surface area contributed by atoms with Crippen LogP contribution in [0.15, 0.2) is 10.3 Å². The molecular weight excluding hydrogens is 312 g/mol. The van der Waals surface area contributed by atoms with Gasteiger partial charge in [-0.1, -0.05) is 6.92 Å². The fraction of sp³-hybridized carbons (Fsp3) is 0.692. The number of thiophene rings is 1. The summed E-state index contributed by atoms with van der Waals surface area (Å²) in [6.45, 7) is 7.05. The van der Waals surface area contributed by atoms with Crippen LogP contribution in [-0.2, 0) is 26.0 Å². The molecule has 0 spiro atoms. The summed E-state index contributed by atoms with van der Waals surface area (Å²) in [7, 11) is -1.86. The molecule has 0 bridgehead atoms. The smallest absolute Gasteiger partial charge is 0.250 e. The van der Waals surface area contributed by atoms with Gasteiger partial charge >= 0.3 is 0 Å². The van der Waals surface area contributed by atoms with Crippen molar-refractivity contribution in [3.05, 3.63) is 16.5 Å². The van der Waals surface area contributed by atoms with E-state index in [1.54, 1.807) is 13.2 Å². The molecule has 0 amide bonds. The number of sulfonamides is 1. The molecule has 122 valence electrons. The van der Waals surface area contributed by atoms with Crippen LogP contribution in [0, 0.1) is 6.92 Å². The highest BCUT2D eigenvalue weighted by molar-refractivity contribution is 7.91. The lowest BCUT2D eigenvalue weighted by Crippen LogP contribution is -2.27. The lowest BCUT2D eigenvalue weighted by molar-refractivity contribution is 0.0736. The predicted molar refractivity (Wildman–Crippen MR) is 84.3 cm³/mol. The van der Waals surface area contributed by atoms with Gasteiger partial charge in [0, 0.05) is 25.1 Å². The molecule has 1 heterocycles. The van der Waals surface area contributed by atoms with Crippen LogP contribution < -0.4 is 10.0 Å². The molecule has 0 saturated heterocycles. The first-order valence-corrected chi connectivity index (χ1v) is 9.17. The molecule has 21 heavy (non-hydrogen) atoms. The summed E-state index contributed by atoms with van der Waals surface area (Å²) in [6, 6.07) is 1.71. The largest absolute Gasteiger partial charge is 0.382 e.